The van der Waals surface area contributed by atoms with Gasteiger partial charge in [-0.15, -0.1) is 0 Å². The predicted octanol–water partition coefficient (Wildman–Crippen LogP) is 2.82. The summed E-state index contributed by atoms with van der Waals surface area (Å²) in [6, 6.07) is 2.30. The number of thioether (sulfide) groups is 1. The van der Waals surface area contributed by atoms with E-state index in [1.165, 1.54) is 6.07 Å². The van der Waals surface area contributed by atoms with Gasteiger partial charge >= 0.3 is 5.69 Å². The third-order valence-corrected chi connectivity index (χ3v) is 3.85. The Bertz CT molecular complexity index is 463. The van der Waals surface area contributed by atoms with Gasteiger partial charge in [-0.25, -0.2) is 4.39 Å². The van der Waals surface area contributed by atoms with Gasteiger partial charge in [0.2, 0.25) is 5.82 Å². The maximum absolute atomic E-state index is 13.8. The molecule has 0 amide bonds. The van der Waals surface area contributed by atoms with Gasteiger partial charge in [0, 0.05) is 24.9 Å². The second kappa shape index (κ2) is 5.51. The van der Waals surface area contributed by atoms with Crippen molar-refractivity contribution in [3.63, 3.8) is 0 Å². The molecule has 0 aromatic heterocycles. The second-order valence-corrected chi connectivity index (χ2v) is 5.17. The number of halogens is 2. The van der Waals surface area contributed by atoms with E-state index in [1.807, 2.05) is 0 Å². The molecule has 1 aliphatic rings. The Balaban J connectivity index is 2.33. The minimum atomic E-state index is -1.38. The van der Waals surface area contributed by atoms with Crippen LogP contribution in [0.2, 0.25) is 0 Å². The molecule has 2 rings (SSSR count). The summed E-state index contributed by atoms with van der Waals surface area (Å²) in [7, 11) is 0. The Morgan fingerprint density at radius 3 is 2.72 bits per heavy atom. The molecule has 0 bridgehead atoms. The van der Waals surface area contributed by atoms with Crippen molar-refractivity contribution in [1.82, 2.24) is 0 Å². The van der Waals surface area contributed by atoms with Crippen molar-refractivity contribution in [2.24, 2.45) is 0 Å². The van der Waals surface area contributed by atoms with Crippen LogP contribution in [0.5, 0.6) is 0 Å². The van der Waals surface area contributed by atoms with Crippen LogP contribution >= 0.6 is 11.8 Å². The number of benzene rings is 1. The topological polar surface area (TPSA) is 46.4 Å². The van der Waals surface area contributed by atoms with E-state index in [2.05, 4.69) is 0 Å². The lowest BCUT2D eigenvalue weighted by molar-refractivity contribution is -0.387. The Morgan fingerprint density at radius 2 is 2.00 bits per heavy atom. The Kier molecular flexibility index (Phi) is 4.00. The van der Waals surface area contributed by atoms with Gasteiger partial charge in [0.05, 0.1) is 10.6 Å². The first-order valence-electron chi connectivity index (χ1n) is 5.56. The number of nitro groups is 1. The molecule has 1 heterocycles. The molecule has 98 valence electrons. The fourth-order valence-corrected chi connectivity index (χ4v) is 2.79. The number of rotatable bonds is 2. The van der Waals surface area contributed by atoms with Crippen molar-refractivity contribution in [1.29, 1.82) is 0 Å². The van der Waals surface area contributed by atoms with Crippen molar-refractivity contribution >= 4 is 23.1 Å². The highest BCUT2D eigenvalue weighted by atomic mass is 32.2. The van der Waals surface area contributed by atoms with E-state index in [-0.39, 0.29) is 5.69 Å². The van der Waals surface area contributed by atoms with Gasteiger partial charge in [-0.05, 0) is 18.2 Å². The van der Waals surface area contributed by atoms with E-state index >= 15 is 0 Å². The third kappa shape index (κ3) is 2.55. The second-order valence-electron chi connectivity index (χ2n) is 3.94. The van der Waals surface area contributed by atoms with Gasteiger partial charge in [-0.1, -0.05) is 0 Å². The maximum atomic E-state index is 13.8. The molecule has 1 fully saturated rings. The number of anilines is 1. The molecule has 4 nitrogen and oxygen atoms in total. The maximum Gasteiger partial charge on any atom is 0.308 e. The standard InChI is InChI=1S/C11H12F2N2O2S/c12-10-8(14-4-1-6-18-7-5-14)2-3-9(11(10)13)15(16)17/h2-3H,1,4-7H2. The summed E-state index contributed by atoms with van der Waals surface area (Å²) in [6.07, 6.45) is 0.892. The van der Waals surface area contributed by atoms with Crippen LogP contribution in [0, 0.1) is 21.7 Å². The summed E-state index contributed by atoms with van der Waals surface area (Å²) in [5, 5.41) is 10.5. The van der Waals surface area contributed by atoms with Crippen LogP contribution in [-0.4, -0.2) is 29.5 Å². The quantitative estimate of drug-likeness (QED) is 0.614. The zero-order valence-electron chi connectivity index (χ0n) is 9.57. The van der Waals surface area contributed by atoms with Crippen LogP contribution in [0.25, 0.3) is 0 Å². The fraction of sp³-hybridized carbons (Fsp3) is 0.455. The molecule has 0 radical (unpaired) electrons. The summed E-state index contributed by atoms with van der Waals surface area (Å²) in [6.45, 7) is 1.26. The van der Waals surface area contributed by atoms with Crippen LogP contribution in [0.4, 0.5) is 20.2 Å². The van der Waals surface area contributed by atoms with Crippen molar-refractivity contribution in [3.05, 3.63) is 33.9 Å². The van der Waals surface area contributed by atoms with E-state index in [0.717, 1.165) is 24.0 Å². The van der Waals surface area contributed by atoms with Crippen molar-refractivity contribution in [3.8, 4) is 0 Å². The molecule has 1 aliphatic heterocycles. The van der Waals surface area contributed by atoms with E-state index in [4.69, 9.17) is 0 Å². The molecule has 0 unspecified atom stereocenters. The average Bonchev–Trinajstić information content (AvgIpc) is 2.60. The number of nitro benzene ring substituents is 1. The van der Waals surface area contributed by atoms with E-state index in [1.54, 1.807) is 16.7 Å². The average molecular weight is 274 g/mol. The van der Waals surface area contributed by atoms with Gasteiger partial charge in [0.15, 0.2) is 5.82 Å². The molecule has 0 N–H and O–H groups in total. The van der Waals surface area contributed by atoms with E-state index in [0.29, 0.717) is 13.1 Å². The Morgan fingerprint density at radius 1 is 1.22 bits per heavy atom. The molecule has 7 heteroatoms. The summed E-state index contributed by atoms with van der Waals surface area (Å²) in [5.41, 5.74) is -0.707. The van der Waals surface area contributed by atoms with Gasteiger partial charge < -0.3 is 4.90 Å². The summed E-state index contributed by atoms with van der Waals surface area (Å²) in [4.78, 5) is 11.3. The van der Waals surface area contributed by atoms with Crippen LogP contribution in [0.15, 0.2) is 12.1 Å². The molecule has 1 aromatic carbocycles. The highest BCUT2D eigenvalue weighted by molar-refractivity contribution is 7.99. The first-order chi connectivity index (χ1) is 8.61. The summed E-state index contributed by atoms with van der Waals surface area (Å²) in [5.74, 6) is -0.670. The van der Waals surface area contributed by atoms with Gasteiger partial charge in [-0.3, -0.25) is 10.1 Å². The highest BCUT2D eigenvalue weighted by Gasteiger charge is 2.24. The zero-order valence-corrected chi connectivity index (χ0v) is 10.4. The minimum absolute atomic E-state index is 0.112. The van der Waals surface area contributed by atoms with Crippen molar-refractivity contribution in [2.75, 3.05) is 29.5 Å². The molecule has 1 saturated heterocycles. The Labute approximate surface area is 107 Å². The summed E-state index contributed by atoms with van der Waals surface area (Å²) < 4.78 is 27.3. The normalized spacial score (nSPS) is 16.4. The molecule has 0 atom stereocenters. The highest BCUT2D eigenvalue weighted by Crippen LogP contribution is 2.29. The van der Waals surface area contributed by atoms with Crippen molar-refractivity contribution in [2.45, 2.75) is 6.42 Å². The van der Waals surface area contributed by atoms with Crippen LogP contribution in [0.1, 0.15) is 6.42 Å². The first-order valence-corrected chi connectivity index (χ1v) is 6.72. The first kappa shape index (κ1) is 13.1. The molecular formula is C11H12F2N2O2S. The number of hydrogen-bond donors (Lipinski definition) is 0. The molecule has 0 spiro atoms. The monoisotopic (exact) mass is 274 g/mol. The molecule has 0 aliphatic carbocycles. The number of hydrogen-bond acceptors (Lipinski definition) is 4. The van der Waals surface area contributed by atoms with Crippen LogP contribution in [-0.2, 0) is 0 Å². The van der Waals surface area contributed by atoms with E-state index < -0.39 is 22.2 Å². The molecule has 18 heavy (non-hydrogen) atoms. The molecule has 0 saturated carbocycles. The zero-order chi connectivity index (χ0) is 13.1. The summed E-state index contributed by atoms with van der Waals surface area (Å²) >= 11 is 1.77. The lowest BCUT2D eigenvalue weighted by Crippen LogP contribution is -2.26. The van der Waals surface area contributed by atoms with Gasteiger partial charge in [-0.2, -0.15) is 16.2 Å². The molecule has 1 aromatic rings. The minimum Gasteiger partial charge on any atom is -0.368 e. The SMILES string of the molecule is O=[N+]([O-])c1ccc(N2CCCSCC2)c(F)c1F. The fourth-order valence-electron chi connectivity index (χ4n) is 1.90. The number of nitrogens with zero attached hydrogens (tertiary/aromatic N) is 2. The van der Waals surface area contributed by atoms with Crippen LogP contribution < -0.4 is 4.90 Å². The lowest BCUT2D eigenvalue weighted by atomic mass is 10.2. The Hall–Kier alpha value is -1.37. The largest absolute Gasteiger partial charge is 0.368 e. The van der Waals surface area contributed by atoms with Gasteiger partial charge in [0.25, 0.3) is 0 Å². The van der Waals surface area contributed by atoms with Crippen LogP contribution in [0.3, 0.4) is 0 Å². The van der Waals surface area contributed by atoms with E-state index in [9.17, 15) is 18.9 Å². The predicted molar refractivity (Wildman–Crippen MR) is 67.2 cm³/mol. The lowest BCUT2D eigenvalue weighted by Gasteiger charge is -2.22. The van der Waals surface area contributed by atoms with Gasteiger partial charge in [0.1, 0.15) is 0 Å². The molecular weight excluding hydrogens is 262 g/mol. The third-order valence-electron chi connectivity index (χ3n) is 2.80. The smallest absolute Gasteiger partial charge is 0.308 e. The van der Waals surface area contributed by atoms with Crippen molar-refractivity contribution < 1.29 is 13.7 Å².